The zero-order chi connectivity index (χ0) is 17.9. The molecule has 0 aliphatic carbocycles. The Balaban J connectivity index is 1.59. The van der Waals surface area contributed by atoms with Gasteiger partial charge in [0.15, 0.2) is 0 Å². The van der Waals surface area contributed by atoms with Crippen molar-refractivity contribution in [1.82, 2.24) is 9.97 Å². The van der Waals surface area contributed by atoms with Gasteiger partial charge in [0.25, 0.3) is 5.56 Å². The molecule has 0 radical (unpaired) electrons. The molecule has 26 heavy (non-hydrogen) atoms. The summed E-state index contributed by atoms with van der Waals surface area (Å²) in [5.74, 6) is 1.45. The second-order valence-electron chi connectivity index (χ2n) is 7.22. The predicted octanol–water partition coefficient (Wildman–Crippen LogP) is 2.21. The van der Waals surface area contributed by atoms with Crippen LogP contribution in [0.15, 0.2) is 41.2 Å². The molecule has 1 aromatic heterocycles. The van der Waals surface area contributed by atoms with Crippen molar-refractivity contribution in [2.45, 2.75) is 38.3 Å². The third kappa shape index (κ3) is 3.60. The van der Waals surface area contributed by atoms with Crippen molar-refractivity contribution in [3.63, 3.8) is 0 Å². The first-order valence-corrected chi connectivity index (χ1v) is 9.47. The van der Waals surface area contributed by atoms with E-state index in [1.807, 2.05) is 6.07 Å². The average molecular weight is 354 g/mol. The summed E-state index contributed by atoms with van der Waals surface area (Å²) in [6, 6.07) is 12.7. The number of hydrogen-bond donors (Lipinski definition) is 1. The molecule has 2 fully saturated rings. The Bertz CT molecular complexity index is 792. The van der Waals surface area contributed by atoms with Crippen molar-refractivity contribution >= 4 is 11.8 Å². The topological polar surface area (TPSA) is 61.5 Å². The quantitative estimate of drug-likeness (QED) is 0.912. The fourth-order valence-electron chi connectivity index (χ4n) is 4.00. The molecule has 4 rings (SSSR count). The number of ether oxygens (including phenoxy) is 1. The summed E-state index contributed by atoms with van der Waals surface area (Å²) >= 11 is 0. The third-order valence-electron chi connectivity index (χ3n) is 5.34. The lowest BCUT2D eigenvalue weighted by atomic mass is 10.0. The van der Waals surface area contributed by atoms with Gasteiger partial charge in [0, 0.05) is 25.2 Å². The minimum Gasteiger partial charge on any atom is -0.377 e. The number of hydrogen-bond acceptors (Lipinski definition) is 5. The molecule has 0 amide bonds. The van der Waals surface area contributed by atoms with Crippen LogP contribution in [0, 0.1) is 0 Å². The lowest BCUT2D eigenvalue weighted by molar-refractivity contribution is 0.0985. The van der Waals surface area contributed by atoms with Gasteiger partial charge in [0.2, 0.25) is 5.95 Å². The van der Waals surface area contributed by atoms with Crippen molar-refractivity contribution in [2.24, 2.45) is 0 Å². The minimum atomic E-state index is -0.0888. The molecule has 2 aliphatic rings. The summed E-state index contributed by atoms with van der Waals surface area (Å²) in [7, 11) is 0. The molecule has 2 atom stereocenters. The van der Waals surface area contributed by atoms with Crippen LogP contribution in [-0.4, -0.2) is 48.4 Å². The predicted molar refractivity (Wildman–Crippen MR) is 103 cm³/mol. The van der Waals surface area contributed by atoms with E-state index >= 15 is 0 Å². The maximum absolute atomic E-state index is 12.3. The van der Waals surface area contributed by atoms with Crippen LogP contribution in [0.5, 0.6) is 0 Å². The molecule has 2 aromatic rings. The van der Waals surface area contributed by atoms with Gasteiger partial charge in [-0.25, -0.2) is 0 Å². The maximum atomic E-state index is 12.3. The monoisotopic (exact) mass is 354 g/mol. The number of aromatic nitrogens is 2. The van der Waals surface area contributed by atoms with E-state index in [0.29, 0.717) is 25.2 Å². The normalized spacial score (nSPS) is 23.4. The molecule has 1 N–H and O–H groups in total. The van der Waals surface area contributed by atoms with Crippen LogP contribution in [-0.2, 0) is 11.2 Å². The van der Waals surface area contributed by atoms with Gasteiger partial charge >= 0.3 is 0 Å². The van der Waals surface area contributed by atoms with Crippen LogP contribution in [0.1, 0.15) is 25.3 Å². The Morgan fingerprint density at radius 3 is 2.88 bits per heavy atom. The molecule has 6 nitrogen and oxygen atoms in total. The largest absolute Gasteiger partial charge is 0.377 e. The molecule has 0 bridgehead atoms. The molecule has 2 saturated heterocycles. The van der Waals surface area contributed by atoms with E-state index in [9.17, 15) is 4.79 Å². The van der Waals surface area contributed by atoms with Crippen LogP contribution in [0.25, 0.3) is 0 Å². The van der Waals surface area contributed by atoms with Crippen LogP contribution in [0.4, 0.5) is 11.8 Å². The van der Waals surface area contributed by atoms with Crippen LogP contribution in [0.3, 0.4) is 0 Å². The fraction of sp³-hybridized carbons (Fsp3) is 0.500. The smallest absolute Gasteiger partial charge is 0.254 e. The second kappa shape index (κ2) is 7.50. The standard InChI is InChI=1S/C20H26N4O2/c1-15-14-26-11-10-23(15)18-13-19(25)22-20(21-18)24-9-5-8-17(24)12-16-6-3-2-4-7-16/h2-4,6-7,13,15,17H,5,8-12,14H2,1H3,(H,21,22,25)/t15-,17-/m1/s1. The summed E-state index contributed by atoms with van der Waals surface area (Å²) in [5.41, 5.74) is 1.23. The Morgan fingerprint density at radius 1 is 1.23 bits per heavy atom. The van der Waals surface area contributed by atoms with E-state index in [0.717, 1.165) is 38.2 Å². The second-order valence-corrected chi connectivity index (χ2v) is 7.22. The van der Waals surface area contributed by atoms with Crippen molar-refractivity contribution in [3.8, 4) is 0 Å². The summed E-state index contributed by atoms with van der Waals surface area (Å²) in [4.78, 5) is 24.5. The highest BCUT2D eigenvalue weighted by molar-refractivity contribution is 5.46. The highest BCUT2D eigenvalue weighted by atomic mass is 16.5. The highest BCUT2D eigenvalue weighted by Crippen LogP contribution is 2.26. The summed E-state index contributed by atoms with van der Waals surface area (Å²) < 4.78 is 5.51. The summed E-state index contributed by atoms with van der Waals surface area (Å²) in [6.45, 7) is 5.15. The van der Waals surface area contributed by atoms with E-state index in [1.54, 1.807) is 6.07 Å². The molecule has 1 aromatic carbocycles. The molecular formula is C20H26N4O2. The van der Waals surface area contributed by atoms with Crippen LogP contribution in [0.2, 0.25) is 0 Å². The van der Waals surface area contributed by atoms with Crippen LogP contribution < -0.4 is 15.4 Å². The highest BCUT2D eigenvalue weighted by Gasteiger charge is 2.28. The molecule has 2 aliphatic heterocycles. The van der Waals surface area contributed by atoms with Gasteiger partial charge in [-0.3, -0.25) is 9.78 Å². The number of benzene rings is 1. The number of rotatable bonds is 4. The first-order valence-electron chi connectivity index (χ1n) is 9.47. The molecule has 0 unspecified atom stereocenters. The van der Waals surface area contributed by atoms with Crippen molar-refractivity contribution in [3.05, 3.63) is 52.3 Å². The Morgan fingerprint density at radius 2 is 2.08 bits per heavy atom. The van der Waals surface area contributed by atoms with Gasteiger partial charge in [-0.15, -0.1) is 0 Å². The number of nitrogens with zero attached hydrogens (tertiary/aromatic N) is 3. The van der Waals surface area contributed by atoms with Gasteiger partial charge in [0.05, 0.1) is 19.3 Å². The number of H-pyrrole nitrogens is 1. The minimum absolute atomic E-state index is 0.0888. The number of nitrogens with one attached hydrogen (secondary N) is 1. The zero-order valence-electron chi connectivity index (χ0n) is 15.2. The van der Waals surface area contributed by atoms with E-state index in [2.05, 4.69) is 46.0 Å². The Labute approximate surface area is 153 Å². The van der Waals surface area contributed by atoms with E-state index < -0.39 is 0 Å². The van der Waals surface area contributed by atoms with E-state index in [1.165, 1.54) is 5.56 Å². The summed E-state index contributed by atoms with van der Waals surface area (Å²) in [5, 5.41) is 0. The van der Waals surface area contributed by atoms with Gasteiger partial charge < -0.3 is 14.5 Å². The summed E-state index contributed by atoms with van der Waals surface area (Å²) in [6.07, 6.45) is 3.22. The molecule has 138 valence electrons. The molecule has 0 spiro atoms. The Kier molecular flexibility index (Phi) is 4.93. The van der Waals surface area contributed by atoms with E-state index in [4.69, 9.17) is 9.72 Å². The van der Waals surface area contributed by atoms with Crippen molar-refractivity contribution in [1.29, 1.82) is 0 Å². The first kappa shape index (κ1) is 17.1. The van der Waals surface area contributed by atoms with Gasteiger partial charge in [-0.2, -0.15) is 4.98 Å². The lowest BCUT2D eigenvalue weighted by Gasteiger charge is -2.35. The van der Waals surface area contributed by atoms with Crippen molar-refractivity contribution in [2.75, 3.05) is 36.1 Å². The first-order chi connectivity index (χ1) is 12.7. The van der Waals surface area contributed by atoms with Crippen LogP contribution >= 0.6 is 0 Å². The van der Waals surface area contributed by atoms with Gasteiger partial charge in [-0.05, 0) is 31.7 Å². The third-order valence-corrected chi connectivity index (χ3v) is 5.34. The Hall–Kier alpha value is -2.34. The van der Waals surface area contributed by atoms with Crippen molar-refractivity contribution < 1.29 is 4.74 Å². The number of anilines is 2. The zero-order valence-corrected chi connectivity index (χ0v) is 15.2. The lowest BCUT2D eigenvalue weighted by Crippen LogP contribution is -2.45. The molecule has 0 saturated carbocycles. The number of aromatic amines is 1. The number of morpholine rings is 1. The molecular weight excluding hydrogens is 328 g/mol. The average Bonchev–Trinajstić information content (AvgIpc) is 3.10. The van der Waals surface area contributed by atoms with Gasteiger partial charge in [-0.1, -0.05) is 30.3 Å². The molecule has 3 heterocycles. The fourth-order valence-corrected chi connectivity index (χ4v) is 4.00. The maximum Gasteiger partial charge on any atom is 0.254 e. The van der Waals surface area contributed by atoms with E-state index in [-0.39, 0.29) is 11.6 Å². The molecule has 6 heteroatoms. The van der Waals surface area contributed by atoms with Gasteiger partial charge in [0.1, 0.15) is 5.82 Å². The SMILES string of the molecule is C[C@@H]1COCCN1c1cc(=O)[nH]c(N2CCC[C@@H]2Cc2ccccc2)n1.